The summed E-state index contributed by atoms with van der Waals surface area (Å²) >= 11 is 0. The summed E-state index contributed by atoms with van der Waals surface area (Å²) in [6.45, 7) is 6.45. The lowest BCUT2D eigenvalue weighted by molar-refractivity contribution is -0.167. The third kappa shape index (κ3) is 50.9. The second-order valence-corrected chi connectivity index (χ2v) is 17.1. The molecule has 0 aromatic rings. The zero-order valence-electron chi connectivity index (χ0n) is 42.0. The summed E-state index contributed by atoms with van der Waals surface area (Å²) in [5, 5.41) is 0. The lowest BCUT2D eigenvalue weighted by Crippen LogP contribution is -2.30. The van der Waals surface area contributed by atoms with Gasteiger partial charge in [-0.25, -0.2) is 0 Å². The first-order valence-electron chi connectivity index (χ1n) is 26.4. The summed E-state index contributed by atoms with van der Waals surface area (Å²) < 4.78 is 16.7. The Morgan fingerprint density at radius 1 is 0.308 bits per heavy atom. The predicted octanol–water partition coefficient (Wildman–Crippen LogP) is 17.5. The molecule has 0 radical (unpaired) electrons. The smallest absolute Gasteiger partial charge is 0.306 e. The molecule has 0 bridgehead atoms. The molecule has 1 unspecified atom stereocenters. The monoisotopic (exact) mass is 901 g/mol. The summed E-state index contributed by atoms with van der Waals surface area (Å²) in [6.07, 6.45) is 70.8. The van der Waals surface area contributed by atoms with Gasteiger partial charge in [-0.05, 0) is 122 Å². The molecule has 0 aromatic carbocycles. The Kier molecular flexibility index (Phi) is 49.5. The lowest BCUT2D eigenvalue weighted by atomic mass is 10.1. The fraction of sp³-hybridized carbons (Fsp3) is 0.644. The van der Waals surface area contributed by atoms with Crippen LogP contribution in [0.3, 0.4) is 0 Å². The molecule has 0 spiro atoms. The number of esters is 3. The largest absolute Gasteiger partial charge is 0.462 e. The quantitative estimate of drug-likeness (QED) is 0.0262. The summed E-state index contributed by atoms with van der Waals surface area (Å²) in [5.74, 6) is -1.05. The van der Waals surface area contributed by atoms with Crippen molar-refractivity contribution in [2.75, 3.05) is 13.2 Å². The van der Waals surface area contributed by atoms with Gasteiger partial charge in [0.2, 0.25) is 0 Å². The molecule has 0 saturated heterocycles. The number of allylic oxidation sites excluding steroid dienone is 18. The highest BCUT2D eigenvalue weighted by molar-refractivity contribution is 5.71. The molecule has 1 atom stereocenters. The van der Waals surface area contributed by atoms with Gasteiger partial charge in [0.25, 0.3) is 0 Å². The van der Waals surface area contributed by atoms with Gasteiger partial charge in [-0.15, -0.1) is 0 Å². The summed E-state index contributed by atoms with van der Waals surface area (Å²) in [5.41, 5.74) is 0. The summed E-state index contributed by atoms with van der Waals surface area (Å²) in [6, 6.07) is 0. The molecule has 0 saturated carbocycles. The Bertz CT molecular complexity index is 1360. The molecular formula is C59H96O6. The maximum Gasteiger partial charge on any atom is 0.306 e. The van der Waals surface area contributed by atoms with Crippen LogP contribution in [0.2, 0.25) is 0 Å². The Morgan fingerprint density at radius 2 is 0.569 bits per heavy atom. The average Bonchev–Trinajstić information content (AvgIpc) is 3.30. The maximum atomic E-state index is 12.8. The van der Waals surface area contributed by atoms with Gasteiger partial charge >= 0.3 is 17.9 Å². The minimum absolute atomic E-state index is 0.123. The van der Waals surface area contributed by atoms with Crippen molar-refractivity contribution in [2.45, 2.75) is 232 Å². The Hall–Kier alpha value is -3.93. The molecule has 0 amide bonds. The average molecular weight is 901 g/mol. The first-order valence-corrected chi connectivity index (χ1v) is 26.4. The molecule has 368 valence electrons. The van der Waals surface area contributed by atoms with E-state index in [1.54, 1.807) is 0 Å². The van der Waals surface area contributed by atoms with Crippen molar-refractivity contribution in [2.24, 2.45) is 0 Å². The van der Waals surface area contributed by atoms with Gasteiger partial charge in [0, 0.05) is 19.3 Å². The van der Waals surface area contributed by atoms with Crippen LogP contribution in [-0.2, 0) is 28.6 Å². The van der Waals surface area contributed by atoms with Crippen LogP contribution in [-0.4, -0.2) is 37.2 Å². The van der Waals surface area contributed by atoms with Crippen molar-refractivity contribution in [1.82, 2.24) is 0 Å². The van der Waals surface area contributed by atoms with Crippen molar-refractivity contribution in [3.63, 3.8) is 0 Å². The van der Waals surface area contributed by atoms with E-state index in [0.717, 1.165) is 83.5 Å². The SMILES string of the molecule is CCCCCC=CCC=CCC=CCC=CCCCC(=O)OCC(COC(=O)CCCCCCCC=CCCCCCC)OC(=O)CCCC=CCC=CCC=CCC=CCCCCC. The molecule has 0 aliphatic rings. The number of unbranched alkanes of at least 4 members (excludes halogenated alkanes) is 17. The normalized spacial score (nSPS) is 13.0. The van der Waals surface area contributed by atoms with Gasteiger partial charge in [-0.1, -0.05) is 194 Å². The molecular weight excluding hydrogens is 805 g/mol. The van der Waals surface area contributed by atoms with Crippen molar-refractivity contribution >= 4 is 17.9 Å². The van der Waals surface area contributed by atoms with Crippen LogP contribution >= 0.6 is 0 Å². The van der Waals surface area contributed by atoms with Crippen LogP contribution in [0.15, 0.2) is 109 Å². The molecule has 65 heavy (non-hydrogen) atoms. The van der Waals surface area contributed by atoms with Gasteiger partial charge in [0.15, 0.2) is 6.10 Å². The van der Waals surface area contributed by atoms with E-state index >= 15 is 0 Å². The molecule has 0 N–H and O–H groups in total. The van der Waals surface area contributed by atoms with Gasteiger partial charge in [-0.3, -0.25) is 14.4 Å². The van der Waals surface area contributed by atoms with E-state index in [4.69, 9.17) is 14.2 Å². The van der Waals surface area contributed by atoms with Crippen LogP contribution in [0, 0.1) is 0 Å². The van der Waals surface area contributed by atoms with E-state index in [1.165, 1.54) is 89.9 Å². The zero-order chi connectivity index (χ0) is 47.2. The number of ether oxygens (including phenoxy) is 3. The van der Waals surface area contributed by atoms with E-state index in [1.807, 2.05) is 0 Å². The van der Waals surface area contributed by atoms with Gasteiger partial charge in [0.05, 0.1) is 0 Å². The van der Waals surface area contributed by atoms with Gasteiger partial charge in [0.1, 0.15) is 13.2 Å². The molecule has 0 rings (SSSR count). The highest BCUT2D eigenvalue weighted by atomic mass is 16.6. The fourth-order valence-corrected chi connectivity index (χ4v) is 6.71. The minimum Gasteiger partial charge on any atom is -0.462 e. The summed E-state index contributed by atoms with van der Waals surface area (Å²) in [7, 11) is 0. The number of carbonyl (C=O) groups excluding carboxylic acids is 3. The van der Waals surface area contributed by atoms with E-state index in [0.29, 0.717) is 19.3 Å². The van der Waals surface area contributed by atoms with Crippen LogP contribution in [0.1, 0.15) is 226 Å². The highest BCUT2D eigenvalue weighted by Crippen LogP contribution is 2.11. The topological polar surface area (TPSA) is 78.9 Å². The molecule has 6 heteroatoms. The third-order valence-corrected chi connectivity index (χ3v) is 10.7. The zero-order valence-corrected chi connectivity index (χ0v) is 42.0. The first-order chi connectivity index (χ1) is 32.0. The van der Waals surface area contributed by atoms with Gasteiger partial charge < -0.3 is 14.2 Å². The second-order valence-electron chi connectivity index (χ2n) is 17.1. The summed E-state index contributed by atoms with van der Waals surface area (Å²) in [4.78, 5) is 38.0. The minimum atomic E-state index is -0.833. The van der Waals surface area contributed by atoms with Gasteiger partial charge in [-0.2, -0.15) is 0 Å². The lowest BCUT2D eigenvalue weighted by Gasteiger charge is -2.18. The number of rotatable bonds is 46. The molecule has 0 aliphatic carbocycles. The van der Waals surface area contributed by atoms with E-state index in [-0.39, 0.29) is 44.0 Å². The van der Waals surface area contributed by atoms with Crippen LogP contribution in [0.5, 0.6) is 0 Å². The van der Waals surface area contributed by atoms with E-state index in [2.05, 4.69) is 130 Å². The Morgan fingerprint density at radius 3 is 0.969 bits per heavy atom. The Labute approximate surface area is 400 Å². The van der Waals surface area contributed by atoms with E-state index < -0.39 is 6.10 Å². The van der Waals surface area contributed by atoms with Crippen molar-refractivity contribution in [3.05, 3.63) is 109 Å². The molecule has 0 aromatic heterocycles. The van der Waals surface area contributed by atoms with Crippen molar-refractivity contribution in [1.29, 1.82) is 0 Å². The standard InChI is InChI=1S/C59H96O6/c1-4-7-10-13-16-19-22-25-27-29-31-34-37-40-43-46-49-52-58(61)64-55-56(54-63-57(60)51-48-45-42-39-36-33-24-21-18-15-12-9-6-3)65-59(62)53-50-47-44-41-38-35-32-30-28-26-23-20-17-14-11-8-5-2/h16-17,19-21,24-28,31-32,34-35,40-41,43-44,56H,4-15,18,22-23,29-30,33,36-39,42,45-55H2,1-3H3. The fourth-order valence-electron chi connectivity index (χ4n) is 6.71. The Balaban J connectivity index is 4.59. The predicted molar refractivity (Wildman–Crippen MR) is 279 cm³/mol. The molecule has 0 fully saturated rings. The molecule has 0 heterocycles. The van der Waals surface area contributed by atoms with Crippen LogP contribution in [0.25, 0.3) is 0 Å². The van der Waals surface area contributed by atoms with E-state index in [9.17, 15) is 14.4 Å². The maximum absolute atomic E-state index is 12.8. The first kappa shape index (κ1) is 61.1. The van der Waals surface area contributed by atoms with Crippen molar-refractivity contribution in [3.8, 4) is 0 Å². The number of hydrogen-bond donors (Lipinski definition) is 0. The number of hydrogen-bond acceptors (Lipinski definition) is 6. The van der Waals surface area contributed by atoms with Crippen LogP contribution in [0.4, 0.5) is 0 Å². The van der Waals surface area contributed by atoms with Crippen molar-refractivity contribution < 1.29 is 28.6 Å². The molecule has 0 aliphatic heterocycles. The number of carbonyl (C=O) groups is 3. The third-order valence-electron chi connectivity index (χ3n) is 10.7. The second kappa shape index (κ2) is 52.7. The van der Waals surface area contributed by atoms with Crippen LogP contribution < -0.4 is 0 Å². The molecule has 6 nitrogen and oxygen atoms in total. The highest BCUT2D eigenvalue weighted by Gasteiger charge is 2.19.